The Hall–Kier alpha value is -1.08. The van der Waals surface area contributed by atoms with Gasteiger partial charge in [0.05, 0.1) is 15.2 Å². The van der Waals surface area contributed by atoms with Gasteiger partial charge in [0.25, 0.3) is 0 Å². The number of nitrogens with zero attached hydrogens (tertiary/aromatic N) is 1. The third-order valence-electron chi connectivity index (χ3n) is 2.39. The molecule has 0 N–H and O–H groups in total. The van der Waals surface area contributed by atoms with E-state index in [4.69, 9.17) is 21.1 Å². The second-order valence-electron chi connectivity index (χ2n) is 3.66. The van der Waals surface area contributed by atoms with Gasteiger partial charge < -0.3 is 9.47 Å². The lowest BCUT2D eigenvalue weighted by Crippen LogP contribution is -2.15. The lowest BCUT2D eigenvalue weighted by Gasteiger charge is -2.11. The van der Waals surface area contributed by atoms with Crippen molar-refractivity contribution >= 4 is 51.1 Å². The van der Waals surface area contributed by atoms with Crippen molar-refractivity contribution in [3.8, 4) is 5.75 Å². The summed E-state index contributed by atoms with van der Waals surface area (Å²) in [6.45, 7) is 1.94. The van der Waals surface area contributed by atoms with Gasteiger partial charge in [0.15, 0.2) is 12.4 Å². The minimum atomic E-state index is -0.405. The SMILES string of the molecule is CCOC(=O)COc1c(I)cc(Cl)c2cccnc12. The highest BCUT2D eigenvalue weighted by molar-refractivity contribution is 14.1. The molecule has 0 saturated heterocycles. The molecule has 2 rings (SSSR count). The van der Waals surface area contributed by atoms with Crippen LogP contribution in [0.1, 0.15) is 6.92 Å². The molecule has 1 aromatic carbocycles. The van der Waals surface area contributed by atoms with Crippen LogP contribution in [0.15, 0.2) is 24.4 Å². The fourth-order valence-corrected chi connectivity index (χ4v) is 2.79. The summed E-state index contributed by atoms with van der Waals surface area (Å²) in [6.07, 6.45) is 1.66. The highest BCUT2D eigenvalue weighted by atomic mass is 127. The molecule has 4 nitrogen and oxygen atoms in total. The van der Waals surface area contributed by atoms with E-state index in [-0.39, 0.29) is 6.61 Å². The molecule has 0 aliphatic rings. The van der Waals surface area contributed by atoms with Crippen LogP contribution in [0, 0.1) is 3.57 Å². The average molecular weight is 392 g/mol. The molecule has 0 unspecified atom stereocenters. The maximum Gasteiger partial charge on any atom is 0.344 e. The molecular formula is C13H11ClINO3. The number of rotatable bonds is 4. The van der Waals surface area contributed by atoms with Gasteiger partial charge in [-0.05, 0) is 47.7 Å². The quantitative estimate of drug-likeness (QED) is 0.592. The number of hydrogen-bond donors (Lipinski definition) is 0. The summed E-state index contributed by atoms with van der Waals surface area (Å²) in [5.74, 6) is 0.144. The van der Waals surface area contributed by atoms with Gasteiger partial charge in [0, 0.05) is 11.6 Å². The van der Waals surface area contributed by atoms with Crippen molar-refractivity contribution in [3.05, 3.63) is 33.0 Å². The Balaban J connectivity index is 2.34. The van der Waals surface area contributed by atoms with Crippen molar-refractivity contribution in [2.24, 2.45) is 0 Å². The van der Waals surface area contributed by atoms with Crippen LogP contribution >= 0.6 is 34.2 Å². The number of ether oxygens (including phenoxy) is 2. The van der Waals surface area contributed by atoms with E-state index in [0.717, 1.165) is 8.96 Å². The molecule has 0 radical (unpaired) electrons. The minimum absolute atomic E-state index is 0.142. The molecule has 1 heterocycles. The number of benzene rings is 1. The first-order valence-electron chi connectivity index (χ1n) is 5.64. The first-order chi connectivity index (χ1) is 9.13. The van der Waals surface area contributed by atoms with Crippen LogP contribution in [0.5, 0.6) is 5.75 Å². The average Bonchev–Trinajstić information content (AvgIpc) is 2.39. The summed E-state index contributed by atoms with van der Waals surface area (Å²) in [6, 6.07) is 5.45. The summed E-state index contributed by atoms with van der Waals surface area (Å²) in [7, 11) is 0. The molecule has 0 bridgehead atoms. The molecule has 0 spiro atoms. The number of fused-ring (bicyclic) bond motifs is 1. The van der Waals surface area contributed by atoms with Crippen molar-refractivity contribution in [3.63, 3.8) is 0 Å². The van der Waals surface area contributed by atoms with Crippen LogP contribution < -0.4 is 4.74 Å². The zero-order valence-electron chi connectivity index (χ0n) is 10.2. The van der Waals surface area contributed by atoms with Gasteiger partial charge in [-0.3, -0.25) is 4.98 Å². The predicted molar refractivity (Wildman–Crippen MR) is 81.6 cm³/mol. The van der Waals surface area contributed by atoms with Crippen molar-refractivity contribution in [1.29, 1.82) is 0 Å². The molecule has 0 atom stereocenters. The molecule has 1 aromatic heterocycles. The van der Waals surface area contributed by atoms with Crippen LogP contribution in [0.3, 0.4) is 0 Å². The first-order valence-corrected chi connectivity index (χ1v) is 7.10. The number of carbonyl (C=O) groups excluding carboxylic acids is 1. The molecule has 2 aromatic rings. The van der Waals surface area contributed by atoms with E-state index in [2.05, 4.69) is 27.6 Å². The zero-order chi connectivity index (χ0) is 13.8. The number of hydrogen-bond acceptors (Lipinski definition) is 4. The van der Waals surface area contributed by atoms with Crippen LogP contribution in [0.2, 0.25) is 5.02 Å². The third kappa shape index (κ3) is 3.27. The van der Waals surface area contributed by atoms with Crippen LogP contribution in [0.4, 0.5) is 0 Å². The monoisotopic (exact) mass is 391 g/mol. The molecular weight excluding hydrogens is 381 g/mol. The molecule has 0 amide bonds. The Morgan fingerprint density at radius 2 is 2.32 bits per heavy atom. The summed E-state index contributed by atoms with van der Waals surface area (Å²) in [4.78, 5) is 15.6. The normalized spacial score (nSPS) is 10.5. The van der Waals surface area contributed by atoms with E-state index in [1.54, 1.807) is 25.3 Å². The zero-order valence-corrected chi connectivity index (χ0v) is 13.1. The lowest BCUT2D eigenvalue weighted by atomic mass is 10.2. The van der Waals surface area contributed by atoms with Crippen LogP contribution in [-0.4, -0.2) is 24.2 Å². The van der Waals surface area contributed by atoms with Crippen LogP contribution in [-0.2, 0) is 9.53 Å². The fraction of sp³-hybridized carbons (Fsp3) is 0.231. The Morgan fingerprint density at radius 1 is 1.53 bits per heavy atom. The second-order valence-corrected chi connectivity index (χ2v) is 5.23. The molecule has 0 fully saturated rings. The topological polar surface area (TPSA) is 48.4 Å². The van der Waals surface area contributed by atoms with Gasteiger partial charge >= 0.3 is 5.97 Å². The molecule has 0 aliphatic heterocycles. The number of halogens is 2. The molecule has 0 aliphatic carbocycles. The van der Waals surface area contributed by atoms with Gasteiger partial charge in [0.2, 0.25) is 0 Å². The van der Waals surface area contributed by atoms with E-state index >= 15 is 0 Å². The molecule has 6 heteroatoms. The van der Waals surface area contributed by atoms with Gasteiger partial charge in [0.1, 0.15) is 5.52 Å². The number of carbonyl (C=O) groups is 1. The van der Waals surface area contributed by atoms with Gasteiger partial charge in [-0.15, -0.1) is 0 Å². The van der Waals surface area contributed by atoms with E-state index < -0.39 is 5.97 Å². The maximum atomic E-state index is 11.3. The Morgan fingerprint density at radius 3 is 3.05 bits per heavy atom. The van der Waals surface area contributed by atoms with Crippen molar-refractivity contribution < 1.29 is 14.3 Å². The van der Waals surface area contributed by atoms with Crippen molar-refractivity contribution in [1.82, 2.24) is 4.98 Å². The Labute approximate surface area is 129 Å². The van der Waals surface area contributed by atoms with E-state index in [1.165, 1.54) is 0 Å². The minimum Gasteiger partial charge on any atom is -0.478 e. The first kappa shape index (κ1) is 14.3. The smallest absolute Gasteiger partial charge is 0.344 e. The number of pyridine rings is 1. The Kier molecular flexibility index (Phi) is 4.81. The largest absolute Gasteiger partial charge is 0.478 e. The molecule has 19 heavy (non-hydrogen) atoms. The van der Waals surface area contributed by atoms with Crippen molar-refractivity contribution in [2.75, 3.05) is 13.2 Å². The third-order valence-corrected chi connectivity index (χ3v) is 3.50. The summed E-state index contributed by atoms with van der Waals surface area (Å²) in [5, 5.41) is 1.40. The Bertz CT molecular complexity index is 618. The maximum absolute atomic E-state index is 11.3. The van der Waals surface area contributed by atoms with Gasteiger partial charge in [-0.2, -0.15) is 0 Å². The molecule has 0 saturated carbocycles. The summed E-state index contributed by atoms with van der Waals surface area (Å²) >= 11 is 8.26. The van der Waals surface area contributed by atoms with E-state index in [0.29, 0.717) is 22.9 Å². The van der Waals surface area contributed by atoms with Gasteiger partial charge in [-0.25, -0.2) is 4.79 Å². The number of aromatic nitrogens is 1. The highest BCUT2D eigenvalue weighted by Gasteiger charge is 2.13. The van der Waals surface area contributed by atoms with E-state index in [1.807, 2.05) is 6.07 Å². The van der Waals surface area contributed by atoms with Gasteiger partial charge in [-0.1, -0.05) is 11.6 Å². The fourth-order valence-electron chi connectivity index (χ4n) is 1.62. The van der Waals surface area contributed by atoms with E-state index in [9.17, 15) is 4.79 Å². The summed E-state index contributed by atoms with van der Waals surface area (Å²) < 4.78 is 11.1. The molecule has 100 valence electrons. The highest BCUT2D eigenvalue weighted by Crippen LogP contribution is 2.34. The lowest BCUT2D eigenvalue weighted by molar-refractivity contribution is -0.145. The summed E-state index contributed by atoms with van der Waals surface area (Å²) in [5.41, 5.74) is 0.642. The predicted octanol–water partition coefficient (Wildman–Crippen LogP) is 3.43. The van der Waals surface area contributed by atoms with Crippen LogP contribution in [0.25, 0.3) is 10.9 Å². The standard InChI is InChI=1S/C13H11ClINO3/c1-2-18-11(17)7-19-13-10(15)6-9(14)8-4-3-5-16-12(8)13/h3-6H,2,7H2,1H3. The van der Waals surface area contributed by atoms with Crippen molar-refractivity contribution in [2.45, 2.75) is 6.92 Å². The number of esters is 1. The second kappa shape index (κ2) is 6.38.